The van der Waals surface area contributed by atoms with E-state index in [9.17, 15) is 4.79 Å². The van der Waals surface area contributed by atoms with Crippen molar-refractivity contribution in [1.29, 1.82) is 0 Å². The van der Waals surface area contributed by atoms with Crippen LogP contribution in [0.2, 0.25) is 0 Å². The Balaban J connectivity index is 2.52. The summed E-state index contributed by atoms with van der Waals surface area (Å²) in [6, 6.07) is 3.34. The van der Waals surface area contributed by atoms with Gasteiger partial charge in [0.25, 0.3) is 0 Å². The minimum absolute atomic E-state index is 0.0884. The fourth-order valence-corrected chi connectivity index (χ4v) is 1.08. The summed E-state index contributed by atoms with van der Waals surface area (Å²) in [6.45, 7) is 0. The van der Waals surface area contributed by atoms with E-state index in [-0.39, 0.29) is 5.56 Å². The maximum atomic E-state index is 10.7. The molecule has 0 bridgehead atoms. The van der Waals surface area contributed by atoms with Gasteiger partial charge in [-0.3, -0.25) is 5.10 Å². The van der Waals surface area contributed by atoms with Gasteiger partial charge in [0, 0.05) is 6.20 Å². The third-order valence-corrected chi connectivity index (χ3v) is 1.70. The summed E-state index contributed by atoms with van der Waals surface area (Å²) in [7, 11) is 0. The maximum Gasteiger partial charge on any atom is 0.339 e. The Kier molecular flexibility index (Phi) is 1.94. The summed E-state index contributed by atoms with van der Waals surface area (Å²) in [5, 5.41) is 22.5. The van der Waals surface area contributed by atoms with Gasteiger partial charge in [-0.1, -0.05) is 0 Å². The van der Waals surface area contributed by atoms with E-state index in [1.54, 1.807) is 12.1 Å². The lowest BCUT2D eigenvalue weighted by Crippen LogP contribution is -1.98. The highest BCUT2D eigenvalue weighted by atomic mass is 16.4. The van der Waals surface area contributed by atoms with Crippen LogP contribution in [0.4, 0.5) is 0 Å². The van der Waals surface area contributed by atoms with Crippen molar-refractivity contribution in [2.75, 3.05) is 0 Å². The molecule has 14 heavy (non-hydrogen) atoms. The van der Waals surface area contributed by atoms with E-state index in [1.807, 2.05) is 0 Å². The van der Waals surface area contributed by atoms with Crippen LogP contribution in [-0.4, -0.2) is 31.5 Å². The molecule has 0 aromatic carbocycles. The molecule has 0 saturated carbocycles. The van der Waals surface area contributed by atoms with Gasteiger partial charge in [0.1, 0.15) is 11.3 Å². The average molecular weight is 190 g/mol. The van der Waals surface area contributed by atoms with Crippen LogP contribution >= 0.6 is 0 Å². The summed E-state index contributed by atoms with van der Waals surface area (Å²) >= 11 is 0. The number of carbonyl (C=O) groups is 1. The van der Waals surface area contributed by atoms with Gasteiger partial charge in [-0.25, -0.2) is 4.79 Å². The molecule has 2 aromatic heterocycles. The molecule has 0 aliphatic carbocycles. The van der Waals surface area contributed by atoms with E-state index in [1.165, 1.54) is 12.4 Å². The van der Waals surface area contributed by atoms with Crippen LogP contribution in [0, 0.1) is 0 Å². The lowest BCUT2D eigenvalue weighted by molar-refractivity contribution is 0.0698. The van der Waals surface area contributed by atoms with E-state index in [2.05, 4.69) is 20.4 Å². The van der Waals surface area contributed by atoms with Crippen LogP contribution in [0.1, 0.15) is 10.4 Å². The van der Waals surface area contributed by atoms with Gasteiger partial charge in [-0.2, -0.15) is 10.2 Å². The monoisotopic (exact) mass is 190 g/mol. The Hall–Kier alpha value is -2.24. The fourth-order valence-electron chi connectivity index (χ4n) is 1.08. The number of hydrogen-bond acceptors (Lipinski definition) is 4. The zero-order valence-corrected chi connectivity index (χ0v) is 7.01. The first kappa shape index (κ1) is 8.36. The number of aromatic amines is 1. The van der Waals surface area contributed by atoms with Crippen molar-refractivity contribution in [3.63, 3.8) is 0 Å². The van der Waals surface area contributed by atoms with E-state index in [0.29, 0.717) is 11.4 Å². The molecule has 0 atom stereocenters. The topological polar surface area (TPSA) is 91.8 Å². The molecule has 0 radical (unpaired) electrons. The summed E-state index contributed by atoms with van der Waals surface area (Å²) < 4.78 is 0. The number of aromatic nitrogens is 4. The predicted octanol–water partition coefficient (Wildman–Crippen LogP) is 0.565. The molecule has 2 N–H and O–H groups in total. The largest absolute Gasteiger partial charge is 0.478 e. The zero-order valence-electron chi connectivity index (χ0n) is 7.01. The Bertz CT molecular complexity index is 451. The maximum absolute atomic E-state index is 10.7. The highest BCUT2D eigenvalue weighted by Gasteiger charge is 2.14. The third kappa shape index (κ3) is 1.33. The van der Waals surface area contributed by atoms with Crippen molar-refractivity contribution in [3.05, 3.63) is 30.1 Å². The van der Waals surface area contributed by atoms with Crippen molar-refractivity contribution in [2.24, 2.45) is 0 Å². The minimum atomic E-state index is -1.04. The van der Waals surface area contributed by atoms with E-state index < -0.39 is 5.97 Å². The molecular formula is C8H6N4O2. The molecule has 0 unspecified atom stereocenters. The lowest BCUT2D eigenvalue weighted by atomic mass is 10.2. The fraction of sp³-hybridized carbons (Fsp3) is 0. The normalized spacial score (nSPS) is 10.0. The van der Waals surface area contributed by atoms with Crippen LogP contribution in [0.5, 0.6) is 0 Å². The Morgan fingerprint density at radius 1 is 1.50 bits per heavy atom. The Labute approximate surface area is 78.6 Å². The molecule has 0 aliphatic rings. The van der Waals surface area contributed by atoms with Crippen molar-refractivity contribution < 1.29 is 9.90 Å². The van der Waals surface area contributed by atoms with Gasteiger partial charge in [-0.15, -0.1) is 5.10 Å². The van der Waals surface area contributed by atoms with Crippen molar-refractivity contribution >= 4 is 5.97 Å². The van der Waals surface area contributed by atoms with Gasteiger partial charge in [0.05, 0.1) is 11.9 Å². The third-order valence-electron chi connectivity index (χ3n) is 1.70. The highest BCUT2D eigenvalue weighted by Crippen LogP contribution is 2.17. The van der Waals surface area contributed by atoms with E-state index in [4.69, 9.17) is 5.11 Å². The van der Waals surface area contributed by atoms with Crippen LogP contribution in [0.3, 0.4) is 0 Å². The van der Waals surface area contributed by atoms with E-state index in [0.717, 1.165) is 0 Å². The quantitative estimate of drug-likeness (QED) is 0.722. The minimum Gasteiger partial charge on any atom is -0.478 e. The number of nitrogens with zero attached hydrogens (tertiary/aromatic N) is 3. The van der Waals surface area contributed by atoms with Gasteiger partial charge in [0.2, 0.25) is 0 Å². The number of nitrogens with one attached hydrogen (secondary N) is 1. The van der Waals surface area contributed by atoms with Gasteiger partial charge in [-0.05, 0) is 12.1 Å². The van der Waals surface area contributed by atoms with Gasteiger partial charge < -0.3 is 5.11 Å². The second kappa shape index (κ2) is 3.25. The summed E-state index contributed by atoms with van der Waals surface area (Å²) in [5.74, 6) is -1.04. The van der Waals surface area contributed by atoms with Crippen LogP contribution < -0.4 is 0 Å². The zero-order chi connectivity index (χ0) is 9.97. The van der Waals surface area contributed by atoms with Crippen molar-refractivity contribution in [3.8, 4) is 11.4 Å². The molecule has 6 nitrogen and oxygen atoms in total. The second-order valence-electron chi connectivity index (χ2n) is 2.57. The molecule has 0 fully saturated rings. The number of rotatable bonds is 2. The Morgan fingerprint density at radius 3 is 3.00 bits per heavy atom. The molecule has 6 heteroatoms. The first-order valence-electron chi connectivity index (χ1n) is 3.84. The summed E-state index contributed by atoms with van der Waals surface area (Å²) in [6.07, 6.45) is 2.76. The molecule has 70 valence electrons. The predicted molar refractivity (Wildman–Crippen MR) is 46.6 cm³/mol. The number of H-pyrrole nitrogens is 1. The van der Waals surface area contributed by atoms with Crippen LogP contribution in [0.25, 0.3) is 11.4 Å². The number of carboxylic acids is 1. The van der Waals surface area contributed by atoms with Crippen LogP contribution in [0.15, 0.2) is 24.5 Å². The van der Waals surface area contributed by atoms with E-state index >= 15 is 0 Å². The number of carboxylic acid groups (broad SMARTS) is 1. The molecule has 0 saturated heterocycles. The van der Waals surface area contributed by atoms with Crippen LogP contribution in [-0.2, 0) is 0 Å². The molecule has 0 aliphatic heterocycles. The Morgan fingerprint density at radius 2 is 2.36 bits per heavy atom. The standard InChI is InChI=1S/C8H6N4O2/c13-8(14)5-4-10-12-7(5)6-2-1-3-9-11-6/h1-4H,(H,10,12)(H,13,14). The second-order valence-corrected chi connectivity index (χ2v) is 2.57. The highest BCUT2D eigenvalue weighted by molar-refractivity contribution is 5.93. The number of hydrogen-bond donors (Lipinski definition) is 2. The van der Waals surface area contributed by atoms with Gasteiger partial charge >= 0.3 is 5.97 Å². The summed E-state index contributed by atoms with van der Waals surface area (Å²) in [5.41, 5.74) is 0.915. The molecular weight excluding hydrogens is 184 g/mol. The molecule has 0 amide bonds. The van der Waals surface area contributed by atoms with Gasteiger partial charge in [0.15, 0.2) is 0 Å². The molecule has 2 aromatic rings. The molecule has 2 rings (SSSR count). The lowest BCUT2D eigenvalue weighted by Gasteiger charge is -1.95. The van der Waals surface area contributed by atoms with Crippen molar-refractivity contribution in [2.45, 2.75) is 0 Å². The molecule has 2 heterocycles. The van der Waals surface area contributed by atoms with Crippen molar-refractivity contribution in [1.82, 2.24) is 20.4 Å². The average Bonchev–Trinajstić information content (AvgIpc) is 2.67. The first-order valence-corrected chi connectivity index (χ1v) is 3.84. The first-order chi connectivity index (χ1) is 6.79. The summed E-state index contributed by atoms with van der Waals surface area (Å²) in [4.78, 5) is 10.7. The molecule has 0 spiro atoms. The SMILES string of the molecule is O=C(O)c1cn[nH]c1-c1cccnn1. The number of aromatic carboxylic acids is 1. The smallest absolute Gasteiger partial charge is 0.339 e.